The van der Waals surface area contributed by atoms with Crippen molar-refractivity contribution < 1.29 is 8.85 Å². The molecule has 0 bridgehead atoms. The second-order valence-corrected chi connectivity index (χ2v) is 12.7. The van der Waals surface area contributed by atoms with E-state index in [0.717, 1.165) is 10.4 Å². The lowest BCUT2D eigenvalue weighted by molar-refractivity contribution is 0.336. The van der Waals surface area contributed by atoms with Crippen LogP contribution in [-0.4, -0.2) is 30.2 Å². The first-order chi connectivity index (χ1) is 12.0. The molecule has 1 N–H and O–H groups in total. The van der Waals surface area contributed by atoms with E-state index in [9.17, 15) is 0 Å². The van der Waals surface area contributed by atoms with Crippen LogP contribution in [-0.2, 0) is 8.85 Å². The van der Waals surface area contributed by atoms with Crippen molar-refractivity contribution in [2.24, 2.45) is 0 Å². The van der Waals surface area contributed by atoms with Gasteiger partial charge in [-0.05, 0) is 23.5 Å². The Morgan fingerprint density at radius 1 is 0.760 bits per heavy atom. The number of hydrogen-bond acceptors (Lipinski definition) is 5. The lowest BCUT2D eigenvalue weighted by atomic mass is 10.4. The Morgan fingerprint density at radius 3 is 1.44 bits per heavy atom. The number of nitriles is 2. The van der Waals surface area contributed by atoms with Gasteiger partial charge < -0.3 is 13.5 Å². The molecule has 0 fully saturated rings. The molecule has 7 heteroatoms. The van der Waals surface area contributed by atoms with Crippen LogP contribution < -0.4 is 15.0 Å². The fraction of sp³-hybridized carbons (Fsp3) is 0.222. The summed E-state index contributed by atoms with van der Waals surface area (Å²) >= 11 is 0. The van der Waals surface area contributed by atoms with Gasteiger partial charge in [0.2, 0.25) is 0 Å². The maximum Gasteiger partial charge on any atom is 0.295 e. The van der Waals surface area contributed by atoms with Crippen molar-refractivity contribution in [3.8, 4) is 12.1 Å². The quantitative estimate of drug-likeness (QED) is 0.717. The molecule has 0 aliphatic rings. The minimum Gasteiger partial charge on any atom is -0.386 e. The van der Waals surface area contributed by atoms with Crippen LogP contribution in [0.1, 0.15) is 0 Å². The van der Waals surface area contributed by atoms with Gasteiger partial charge in [-0.15, -0.1) is 0 Å². The van der Waals surface area contributed by atoms with Crippen molar-refractivity contribution in [2.45, 2.75) is 13.1 Å². The molecule has 0 radical (unpaired) electrons. The summed E-state index contributed by atoms with van der Waals surface area (Å²) in [6.07, 6.45) is 0. The minimum absolute atomic E-state index is 0.00212. The van der Waals surface area contributed by atoms with E-state index in [2.05, 4.69) is 16.8 Å². The van der Waals surface area contributed by atoms with E-state index >= 15 is 0 Å². The lowest BCUT2D eigenvalue weighted by Crippen LogP contribution is -2.74. The standard InChI is InChI=1S/C18H21N3O2Si2/c1-24(22-15-13-19,17-9-5-3-6-10-17)21-25(2,23-16-14-20)18-11-7-4-8-12-18/h3-12,21H,15-16H2,1-2H3. The average molecular weight is 368 g/mol. The van der Waals surface area contributed by atoms with Crippen LogP contribution in [0.25, 0.3) is 0 Å². The van der Waals surface area contributed by atoms with Gasteiger partial charge in [0.05, 0.1) is 12.1 Å². The molecule has 0 spiro atoms. The molecule has 0 saturated heterocycles. The predicted octanol–water partition coefficient (Wildman–Crippen LogP) is 1.61. The Labute approximate surface area is 150 Å². The summed E-state index contributed by atoms with van der Waals surface area (Å²) in [5, 5.41) is 20.0. The van der Waals surface area contributed by atoms with E-state index in [1.807, 2.05) is 73.8 Å². The summed E-state index contributed by atoms with van der Waals surface area (Å²) < 4.78 is 15.6. The Bertz CT molecular complexity index is 696. The first-order valence-electron chi connectivity index (χ1n) is 7.96. The molecule has 0 amide bonds. The first-order valence-corrected chi connectivity index (χ1v) is 12.8. The van der Waals surface area contributed by atoms with E-state index < -0.39 is 17.0 Å². The van der Waals surface area contributed by atoms with Crippen molar-refractivity contribution in [1.82, 2.24) is 4.65 Å². The molecule has 0 aliphatic heterocycles. The van der Waals surface area contributed by atoms with E-state index in [-0.39, 0.29) is 13.2 Å². The van der Waals surface area contributed by atoms with Gasteiger partial charge >= 0.3 is 0 Å². The van der Waals surface area contributed by atoms with Gasteiger partial charge in [-0.2, -0.15) is 10.5 Å². The molecule has 0 aromatic heterocycles. The molecule has 2 rings (SSSR count). The SMILES string of the molecule is C[Si](N[Si](C)(OCC#N)c1ccccc1)(OCC#N)c1ccccc1. The first kappa shape index (κ1) is 19.1. The average Bonchev–Trinajstić information content (AvgIpc) is 2.66. The van der Waals surface area contributed by atoms with E-state index in [1.165, 1.54) is 0 Å². The van der Waals surface area contributed by atoms with E-state index in [1.54, 1.807) is 0 Å². The van der Waals surface area contributed by atoms with Crippen molar-refractivity contribution >= 4 is 27.3 Å². The number of nitrogens with zero attached hydrogens (tertiary/aromatic N) is 2. The zero-order chi connectivity index (χ0) is 18.2. The topological polar surface area (TPSA) is 78.1 Å². The smallest absolute Gasteiger partial charge is 0.295 e. The highest BCUT2D eigenvalue weighted by atomic mass is 28.4. The fourth-order valence-corrected chi connectivity index (χ4v) is 10.8. The summed E-state index contributed by atoms with van der Waals surface area (Å²) in [5.74, 6) is 0. The molecule has 2 atom stereocenters. The van der Waals surface area contributed by atoms with Gasteiger partial charge in [-0.3, -0.25) is 0 Å². The number of rotatable bonds is 8. The molecule has 2 unspecified atom stereocenters. The van der Waals surface area contributed by atoms with Crippen molar-refractivity contribution in [1.29, 1.82) is 10.5 Å². The van der Waals surface area contributed by atoms with E-state index in [0.29, 0.717) is 0 Å². The molecule has 128 valence electrons. The number of benzene rings is 2. The number of nitrogens with one attached hydrogen (secondary N) is 1. The predicted molar refractivity (Wildman–Crippen MR) is 102 cm³/mol. The molecule has 2 aromatic carbocycles. The van der Waals surface area contributed by atoms with Crippen molar-refractivity contribution in [3.63, 3.8) is 0 Å². The molecule has 0 aliphatic carbocycles. The Morgan fingerprint density at radius 2 is 1.12 bits per heavy atom. The van der Waals surface area contributed by atoms with Crippen LogP contribution in [0.5, 0.6) is 0 Å². The Hall–Kier alpha value is -2.27. The van der Waals surface area contributed by atoms with Crippen LogP contribution in [0.2, 0.25) is 13.1 Å². The van der Waals surface area contributed by atoms with Gasteiger partial charge in [0.1, 0.15) is 13.2 Å². The molecular weight excluding hydrogens is 346 g/mol. The summed E-state index contributed by atoms with van der Waals surface area (Å²) in [5.41, 5.74) is 0. The van der Waals surface area contributed by atoms with E-state index in [4.69, 9.17) is 19.4 Å². The maximum atomic E-state index is 8.99. The highest BCUT2D eigenvalue weighted by Gasteiger charge is 2.43. The normalized spacial score (nSPS) is 15.4. The monoisotopic (exact) mass is 367 g/mol. The number of hydrogen-bond donors (Lipinski definition) is 1. The summed E-state index contributed by atoms with van der Waals surface area (Å²) in [4.78, 5) is 0. The zero-order valence-corrected chi connectivity index (χ0v) is 16.4. The van der Waals surface area contributed by atoms with Crippen LogP contribution >= 0.6 is 0 Å². The molecule has 0 heterocycles. The van der Waals surface area contributed by atoms with Gasteiger partial charge in [0, 0.05) is 0 Å². The van der Waals surface area contributed by atoms with Gasteiger partial charge in [0.15, 0.2) is 0 Å². The highest BCUT2D eigenvalue weighted by Crippen LogP contribution is 2.10. The minimum atomic E-state index is -2.66. The van der Waals surface area contributed by atoms with Gasteiger partial charge in [0.25, 0.3) is 17.0 Å². The molecule has 2 aromatic rings. The third-order valence-corrected chi connectivity index (χ3v) is 12.1. The van der Waals surface area contributed by atoms with Crippen LogP contribution in [0.3, 0.4) is 0 Å². The summed E-state index contributed by atoms with van der Waals surface area (Å²) in [7, 11) is -5.32. The lowest BCUT2D eigenvalue weighted by Gasteiger charge is -2.37. The molecular formula is C18H21N3O2Si2. The van der Waals surface area contributed by atoms with Crippen LogP contribution in [0.15, 0.2) is 60.7 Å². The zero-order valence-electron chi connectivity index (χ0n) is 14.4. The van der Waals surface area contributed by atoms with Crippen molar-refractivity contribution in [3.05, 3.63) is 60.7 Å². The molecule has 0 saturated carbocycles. The third kappa shape index (κ3) is 4.86. The van der Waals surface area contributed by atoms with Crippen LogP contribution in [0.4, 0.5) is 0 Å². The van der Waals surface area contributed by atoms with Crippen LogP contribution in [0, 0.1) is 22.7 Å². The summed E-state index contributed by atoms with van der Waals surface area (Å²) in [6, 6.07) is 23.8. The Kier molecular flexibility index (Phi) is 6.65. The largest absolute Gasteiger partial charge is 0.386 e. The fourth-order valence-electron chi connectivity index (χ4n) is 2.70. The maximum absolute atomic E-state index is 8.99. The third-order valence-electron chi connectivity index (χ3n) is 3.98. The second kappa shape index (κ2) is 8.72. The second-order valence-electron chi connectivity index (χ2n) is 5.82. The van der Waals surface area contributed by atoms with Gasteiger partial charge in [-0.25, -0.2) is 0 Å². The molecule has 5 nitrogen and oxygen atoms in total. The highest BCUT2D eigenvalue weighted by molar-refractivity contribution is 6.98. The summed E-state index contributed by atoms with van der Waals surface area (Å²) in [6.45, 7) is 4.04. The van der Waals surface area contributed by atoms with Gasteiger partial charge in [-0.1, -0.05) is 60.7 Å². The Balaban J connectivity index is 2.42. The molecule has 25 heavy (non-hydrogen) atoms. The van der Waals surface area contributed by atoms with Crippen molar-refractivity contribution in [2.75, 3.05) is 13.2 Å².